The Morgan fingerprint density at radius 2 is 1.59 bits per heavy atom. The zero-order chi connectivity index (χ0) is 19.1. The summed E-state index contributed by atoms with van der Waals surface area (Å²) in [6, 6.07) is 7.38. The quantitative estimate of drug-likeness (QED) is 0.698. The monoisotopic (exact) mass is 367 g/mol. The number of carbonyl (C=O) groups excluding carboxylic acids is 2. The summed E-state index contributed by atoms with van der Waals surface area (Å²) in [6.45, 7) is 1.44. The van der Waals surface area contributed by atoms with Crippen LogP contribution in [0.4, 0.5) is 17.3 Å². The Morgan fingerprint density at radius 1 is 0.963 bits per heavy atom. The Bertz CT molecular complexity index is 783. The number of aromatic nitrogens is 2. The Labute approximate surface area is 159 Å². The summed E-state index contributed by atoms with van der Waals surface area (Å²) < 4.78 is 0. The maximum absolute atomic E-state index is 12.4. The van der Waals surface area contributed by atoms with E-state index in [1.807, 2.05) is 0 Å². The van der Waals surface area contributed by atoms with Crippen molar-refractivity contribution in [3.8, 4) is 0 Å². The van der Waals surface area contributed by atoms with E-state index in [1.165, 1.54) is 45.0 Å². The molecule has 1 aliphatic carbocycles. The molecule has 0 bridgehead atoms. The SMILES string of the molecule is CC(=O)Nc1cccc(NC(=O)c2cnc(NC3CCCCCC3)nc2)c1. The molecule has 3 N–H and O–H groups in total. The lowest BCUT2D eigenvalue weighted by molar-refractivity contribution is -0.114. The lowest BCUT2D eigenvalue weighted by Gasteiger charge is -2.15. The van der Waals surface area contributed by atoms with Crippen molar-refractivity contribution in [2.75, 3.05) is 16.0 Å². The van der Waals surface area contributed by atoms with Gasteiger partial charge in [-0.2, -0.15) is 0 Å². The third-order valence-electron chi connectivity index (χ3n) is 4.54. The summed E-state index contributed by atoms with van der Waals surface area (Å²) in [4.78, 5) is 32.1. The first kappa shape index (κ1) is 18.8. The van der Waals surface area contributed by atoms with Crippen molar-refractivity contribution in [1.29, 1.82) is 0 Å². The van der Waals surface area contributed by atoms with Gasteiger partial charge < -0.3 is 16.0 Å². The zero-order valence-corrected chi connectivity index (χ0v) is 15.5. The lowest BCUT2D eigenvalue weighted by Crippen LogP contribution is -2.20. The van der Waals surface area contributed by atoms with Crippen LogP contribution in [0.2, 0.25) is 0 Å². The minimum atomic E-state index is -0.295. The molecule has 7 heteroatoms. The Morgan fingerprint density at radius 3 is 2.22 bits per heavy atom. The molecule has 1 fully saturated rings. The van der Waals surface area contributed by atoms with Crippen molar-refractivity contribution in [3.63, 3.8) is 0 Å². The molecule has 142 valence electrons. The van der Waals surface area contributed by atoms with Gasteiger partial charge in [0.2, 0.25) is 11.9 Å². The highest BCUT2D eigenvalue weighted by Gasteiger charge is 2.14. The number of benzene rings is 1. The summed E-state index contributed by atoms with van der Waals surface area (Å²) in [7, 11) is 0. The van der Waals surface area contributed by atoms with Crippen molar-refractivity contribution in [3.05, 3.63) is 42.2 Å². The average molecular weight is 367 g/mol. The van der Waals surface area contributed by atoms with Gasteiger partial charge in [-0.15, -0.1) is 0 Å². The summed E-state index contributed by atoms with van der Waals surface area (Å²) in [5.74, 6) is 0.103. The van der Waals surface area contributed by atoms with Crippen LogP contribution in [-0.2, 0) is 4.79 Å². The van der Waals surface area contributed by atoms with Crippen LogP contribution in [0.3, 0.4) is 0 Å². The van der Waals surface area contributed by atoms with E-state index in [4.69, 9.17) is 0 Å². The van der Waals surface area contributed by atoms with E-state index in [0.717, 1.165) is 12.8 Å². The van der Waals surface area contributed by atoms with E-state index in [0.29, 0.717) is 28.9 Å². The van der Waals surface area contributed by atoms with Crippen LogP contribution in [0.5, 0.6) is 0 Å². The van der Waals surface area contributed by atoms with Crippen molar-refractivity contribution in [2.45, 2.75) is 51.5 Å². The van der Waals surface area contributed by atoms with E-state index < -0.39 is 0 Å². The molecule has 0 atom stereocenters. The van der Waals surface area contributed by atoms with Gasteiger partial charge in [0.15, 0.2) is 0 Å². The number of rotatable bonds is 5. The minimum Gasteiger partial charge on any atom is -0.351 e. The number of hydrogen-bond acceptors (Lipinski definition) is 5. The largest absolute Gasteiger partial charge is 0.351 e. The van der Waals surface area contributed by atoms with Crippen LogP contribution in [-0.4, -0.2) is 27.8 Å². The normalized spacial score (nSPS) is 14.9. The van der Waals surface area contributed by atoms with Gasteiger partial charge in [0.1, 0.15) is 0 Å². The predicted molar refractivity (Wildman–Crippen MR) is 106 cm³/mol. The third-order valence-corrected chi connectivity index (χ3v) is 4.54. The Balaban J connectivity index is 1.59. The fourth-order valence-corrected chi connectivity index (χ4v) is 3.21. The van der Waals surface area contributed by atoms with Crippen molar-refractivity contribution in [1.82, 2.24) is 9.97 Å². The molecule has 0 saturated heterocycles. The summed E-state index contributed by atoms with van der Waals surface area (Å²) >= 11 is 0. The van der Waals surface area contributed by atoms with Gasteiger partial charge in [-0.3, -0.25) is 9.59 Å². The van der Waals surface area contributed by atoms with Crippen LogP contribution < -0.4 is 16.0 Å². The number of amides is 2. The van der Waals surface area contributed by atoms with Gasteiger partial charge in [-0.05, 0) is 31.0 Å². The number of hydrogen-bond donors (Lipinski definition) is 3. The van der Waals surface area contributed by atoms with Gasteiger partial charge in [0.05, 0.1) is 5.56 Å². The standard InChI is InChI=1S/C20H25N5O2/c1-14(26)23-17-9-6-10-18(11-17)24-19(27)15-12-21-20(22-13-15)25-16-7-4-2-3-5-8-16/h6,9-13,16H,2-5,7-8H2,1H3,(H,23,26)(H,24,27)(H,21,22,25). The smallest absolute Gasteiger partial charge is 0.258 e. The van der Waals surface area contributed by atoms with Gasteiger partial charge in [-0.1, -0.05) is 31.7 Å². The van der Waals surface area contributed by atoms with E-state index >= 15 is 0 Å². The molecule has 1 aromatic carbocycles. The molecule has 2 amide bonds. The van der Waals surface area contributed by atoms with Gasteiger partial charge in [0, 0.05) is 36.7 Å². The minimum absolute atomic E-state index is 0.163. The number of nitrogens with one attached hydrogen (secondary N) is 3. The van der Waals surface area contributed by atoms with Crippen LogP contribution in [0.1, 0.15) is 55.8 Å². The first-order valence-corrected chi connectivity index (χ1v) is 9.38. The second-order valence-corrected chi connectivity index (χ2v) is 6.84. The molecule has 27 heavy (non-hydrogen) atoms. The maximum atomic E-state index is 12.4. The fourth-order valence-electron chi connectivity index (χ4n) is 3.21. The molecule has 0 aliphatic heterocycles. The number of nitrogens with zero attached hydrogens (tertiary/aromatic N) is 2. The Kier molecular flexibility index (Phi) is 6.35. The van der Waals surface area contributed by atoms with Crippen LogP contribution in [0, 0.1) is 0 Å². The van der Waals surface area contributed by atoms with Crippen LogP contribution >= 0.6 is 0 Å². The first-order chi connectivity index (χ1) is 13.1. The van der Waals surface area contributed by atoms with E-state index in [2.05, 4.69) is 25.9 Å². The molecule has 0 spiro atoms. The topological polar surface area (TPSA) is 96.0 Å². The molecular weight excluding hydrogens is 342 g/mol. The third kappa shape index (κ3) is 5.77. The van der Waals surface area contributed by atoms with Crippen LogP contribution in [0.25, 0.3) is 0 Å². The summed E-state index contributed by atoms with van der Waals surface area (Å²) in [6.07, 6.45) is 10.4. The second kappa shape index (κ2) is 9.12. The van der Waals surface area contributed by atoms with Gasteiger partial charge >= 0.3 is 0 Å². The van der Waals surface area contributed by atoms with Crippen molar-refractivity contribution in [2.24, 2.45) is 0 Å². The molecular formula is C20H25N5O2. The zero-order valence-electron chi connectivity index (χ0n) is 15.5. The molecule has 7 nitrogen and oxygen atoms in total. The van der Waals surface area contributed by atoms with E-state index in [1.54, 1.807) is 24.3 Å². The van der Waals surface area contributed by atoms with Gasteiger partial charge in [-0.25, -0.2) is 9.97 Å². The van der Waals surface area contributed by atoms with E-state index in [-0.39, 0.29) is 11.8 Å². The van der Waals surface area contributed by atoms with Crippen LogP contribution in [0.15, 0.2) is 36.7 Å². The lowest BCUT2D eigenvalue weighted by atomic mass is 10.1. The average Bonchev–Trinajstić information content (AvgIpc) is 2.91. The molecule has 1 saturated carbocycles. The van der Waals surface area contributed by atoms with Gasteiger partial charge in [0.25, 0.3) is 5.91 Å². The molecule has 1 aromatic heterocycles. The number of anilines is 3. The molecule has 2 aromatic rings. The van der Waals surface area contributed by atoms with E-state index in [9.17, 15) is 9.59 Å². The second-order valence-electron chi connectivity index (χ2n) is 6.84. The van der Waals surface area contributed by atoms with Crippen molar-refractivity contribution >= 4 is 29.1 Å². The molecule has 1 heterocycles. The molecule has 1 aliphatic rings. The van der Waals surface area contributed by atoms with Crippen molar-refractivity contribution < 1.29 is 9.59 Å². The molecule has 0 radical (unpaired) electrons. The first-order valence-electron chi connectivity index (χ1n) is 9.38. The highest BCUT2D eigenvalue weighted by molar-refractivity contribution is 6.04. The molecule has 3 rings (SSSR count). The predicted octanol–water partition coefficient (Wildman–Crippen LogP) is 3.82. The summed E-state index contributed by atoms with van der Waals surface area (Å²) in [5, 5.41) is 8.84. The molecule has 0 unspecified atom stereocenters. The number of carbonyl (C=O) groups is 2. The Hall–Kier alpha value is -2.96. The highest BCUT2D eigenvalue weighted by atomic mass is 16.2. The fraction of sp³-hybridized carbons (Fsp3) is 0.400. The summed E-state index contributed by atoms with van der Waals surface area (Å²) in [5.41, 5.74) is 1.60. The highest BCUT2D eigenvalue weighted by Crippen LogP contribution is 2.20. The maximum Gasteiger partial charge on any atom is 0.258 e.